The lowest BCUT2D eigenvalue weighted by atomic mass is 10.0. The van der Waals surface area contributed by atoms with Crippen LogP contribution in [0.15, 0.2) is 18.5 Å². The maximum absolute atomic E-state index is 4.40. The topological polar surface area (TPSA) is 38.7 Å². The van der Waals surface area contributed by atoms with Gasteiger partial charge < -0.3 is 0 Å². The predicted molar refractivity (Wildman–Crippen MR) is 56.2 cm³/mol. The van der Waals surface area contributed by atoms with Gasteiger partial charge in [0.25, 0.3) is 0 Å². The average molecular weight is 187 g/mol. The minimum Gasteiger partial charge on any atom is -0.254 e. The normalized spacial score (nSPS) is 11.1. The van der Waals surface area contributed by atoms with Crippen molar-refractivity contribution in [1.29, 1.82) is 0 Å². The number of hydrogen-bond donors (Lipinski definition) is 0. The number of aryl methyl sites for hydroxylation is 1. The highest BCUT2D eigenvalue weighted by Gasteiger charge is 2.07. The predicted octanol–water partition coefficient (Wildman–Crippen LogP) is 2.46. The number of hydrogen-bond acceptors (Lipinski definition) is 3. The van der Waals surface area contributed by atoms with Crippen molar-refractivity contribution in [2.45, 2.75) is 26.7 Å². The second-order valence-electron chi connectivity index (χ2n) is 3.84. The maximum Gasteiger partial charge on any atom is 0.112 e. The van der Waals surface area contributed by atoms with Crippen molar-refractivity contribution in [2.75, 3.05) is 0 Å². The van der Waals surface area contributed by atoms with E-state index < -0.39 is 0 Å². The van der Waals surface area contributed by atoms with Gasteiger partial charge in [0, 0.05) is 11.8 Å². The van der Waals surface area contributed by atoms with Crippen molar-refractivity contribution in [2.24, 2.45) is 0 Å². The molecule has 0 atom stereocenters. The summed E-state index contributed by atoms with van der Waals surface area (Å²) in [4.78, 5) is 4.40. The smallest absolute Gasteiger partial charge is 0.112 e. The molecule has 3 nitrogen and oxygen atoms in total. The molecule has 0 saturated heterocycles. The largest absolute Gasteiger partial charge is 0.254 e. The maximum atomic E-state index is 4.40. The molecule has 2 aromatic rings. The van der Waals surface area contributed by atoms with E-state index in [-0.39, 0.29) is 0 Å². The van der Waals surface area contributed by atoms with Crippen LogP contribution >= 0.6 is 0 Å². The second-order valence-corrected chi connectivity index (χ2v) is 3.84. The lowest BCUT2D eigenvalue weighted by molar-refractivity contribution is 0.853. The summed E-state index contributed by atoms with van der Waals surface area (Å²) in [6.45, 7) is 6.28. The van der Waals surface area contributed by atoms with E-state index in [4.69, 9.17) is 0 Å². The Bertz CT molecular complexity index is 463. The Morgan fingerprint density at radius 1 is 1.21 bits per heavy atom. The molecule has 14 heavy (non-hydrogen) atoms. The molecule has 0 bridgehead atoms. The molecule has 0 spiro atoms. The van der Waals surface area contributed by atoms with Crippen LogP contribution in [0.2, 0.25) is 0 Å². The summed E-state index contributed by atoms with van der Waals surface area (Å²) in [6.07, 6.45) is 3.67. The first-order valence-electron chi connectivity index (χ1n) is 4.76. The highest BCUT2D eigenvalue weighted by atomic mass is 15.1. The molecule has 0 aromatic carbocycles. The zero-order chi connectivity index (χ0) is 10.1. The minimum atomic E-state index is 0.434. The molecule has 0 saturated carbocycles. The van der Waals surface area contributed by atoms with Crippen molar-refractivity contribution < 1.29 is 0 Å². The summed E-state index contributed by atoms with van der Waals surface area (Å²) < 4.78 is 0. The van der Waals surface area contributed by atoms with Crippen molar-refractivity contribution in [3.63, 3.8) is 0 Å². The minimum absolute atomic E-state index is 0.434. The first-order chi connectivity index (χ1) is 6.68. The van der Waals surface area contributed by atoms with Crippen LogP contribution in [0.25, 0.3) is 11.0 Å². The van der Waals surface area contributed by atoms with E-state index in [0.717, 1.165) is 22.2 Å². The molecule has 0 unspecified atom stereocenters. The zero-order valence-corrected chi connectivity index (χ0v) is 8.65. The third-order valence-corrected chi connectivity index (χ3v) is 2.26. The molecule has 0 aliphatic rings. The zero-order valence-electron chi connectivity index (χ0n) is 8.65. The third-order valence-electron chi connectivity index (χ3n) is 2.26. The molecule has 0 amide bonds. The van der Waals surface area contributed by atoms with E-state index in [0.29, 0.717) is 5.92 Å². The van der Waals surface area contributed by atoms with E-state index in [1.54, 1.807) is 6.20 Å². The van der Waals surface area contributed by atoms with Crippen LogP contribution in [-0.2, 0) is 0 Å². The fraction of sp³-hybridized carbons (Fsp3) is 0.364. The Morgan fingerprint density at radius 3 is 2.71 bits per heavy atom. The Morgan fingerprint density at radius 2 is 2.00 bits per heavy atom. The van der Waals surface area contributed by atoms with Gasteiger partial charge in [-0.05, 0) is 24.5 Å². The van der Waals surface area contributed by atoms with Crippen LogP contribution < -0.4 is 0 Å². The van der Waals surface area contributed by atoms with Crippen LogP contribution in [-0.4, -0.2) is 15.2 Å². The first kappa shape index (κ1) is 9.06. The van der Waals surface area contributed by atoms with Gasteiger partial charge in [0.15, 0.2) is 0 Å². The summed E-state index contributed by atoms with van der Waals surface area (Å²) in [7, 11) is 0. The Labute approximate surface area is 83.2 Å². The van der Waals surface area contributed by atoms with Crippen LogP contribution in [0.5, 0.6) is 0 Å². The van der Waals surface area contributed by atoms with Gasteiger partial charge in [0.05, 0.1) is 11.7 Å². The highest BCUT2D eigenvalue weighted by molar-refractivity contribution is 5.77. The molecule has 0 aliphatic carbocycles. The van der Waals surface area contributed by atoms with E-state index in [1.165, 1.54) is 0 Å². The molecular weight excluding hydrogens is 174 g/mol. The Kier molecular flexibility index (Phi) is 2.15. The van der Waals surface area contributed by atoms with Crippen molar-refractivity contribution in [3.8, 4) is 0 Å². The average Bonchev–Trinajstić information content (AvgIpc) is 2.16. The van der Waals surface area contributed by atoms with Crippen LogP contribution in [0.3, 0.4) is 0 Å². The van der Waals surface area contributed by atoms with Gasteiger partial charge in [-0.1, -0.05) is 13.8 Å². The standard InChI is InChI=1S/C11H13N3/c1-7(2)9-6-13-14-10-4-8(3)5-12-11(9)10/h4-7H,1-3H3. The van der Waals surface area contributed by atoms with Crippen molar-refractivity contribution >= 4 is 11.0 Å². The number of fused-ring (bicyclic) bond motifs is 1. The molecule has 2 rings (SSSR count). The summed E-state index contributed by atoms with van der Waals surface area (Å²) >= 11 is 0. The first-order valence-corrected chi connectivity index (χ1v) is 4.76. The summed E-state index contributed by atoms with van der Waals surface area (Å²) in [6, 6.07) is 2.02. The van der Waals surface area contributed by atoms with Crippen molar-refractivity contribution in [1.82, 2.24) is 15.2 Å². The van der Waals surface area contributed by atoms with Gasteiger partial charge in [-0.2, -0.15) is 5.10 Å². The summed E-state index contributed by atoms with van der Waals surface area (Å²) in [5, 5.41) is 8.06. The monoisotopic (exact) mass is 187 g/mol. The summed E-state index contributed by atoms with van der Waals surface area (Å²) in [5.74, 6) is 0.434. The van der Waals surface area contributed by atoms with Gasteiger partial charge in [-0.25, -0.2) is 0 Å². The molecule has 2 aromatic heterocycles. The highest BCUT2D eigenvalue weighted by Crippen LogP contribution is 2.21. The number of pyridine rings is 1. The molecule has 0 radical (unpaired) electrons. The third kappa shape index (κ3) is 1.45. The van der Waals surface area contributed by atoms with E-state index in [1.807, 2.05) is 19.2 Å². The second kappa shape index (κ2) is 3.33. The van der Waals surface area contributed by atoms with Crippen LogP contribution in [0.4, 0.5) is 0 Å². The Hall–Kier alpha value is -1.51. The lowest BCUT2D eigenvalue weighted by Crippen LogP contribution is -1.96. The van der Waals surface area contributed by atoms with Gasteiger partial charge in [0.2, 0.25) is 0 Å². The van der Waals surface area contributed by atoms with Gasteiger partial charge in [-0.3, -0.25) is 4.98 Å². The molecule has 72 valence electrons. The Balaban J connectivity index is 2.75. The van der Waals surface area contributed by atoms with Crippen molar-refractivity contribution in [3.05, 3.63) is 29.6 Å². The number of aromatic nitrogens is 3. The van der Waals surface area contributed by atoms with Crippen LogP contribution in [0.1, 0.15) is 30.9 Å². The van der Waals surface area contributed by atoms with Gasteiger partial charge in [-0.15, -0.1) is 5.10 Å². The molecular formula is C11H13N3. The van der Waals surface area contributed by atoms with E-state index in [2.05, 4.69) is 29.0 Å². The number of nitrogens with zero attached hydrogens (tertiary/aromatic N) is 3. The summed E-state index contributed by atoms with van der Waals surface area (Å²) in [5.41, 5.74) is 4.14. The lowest BCUT2D eigenvalue weighted by Gasteiger charge is -2.07. The molecule has 0 N–H and O–H groups in total. The fourth-order valence-electron chi connectivity index (χ4n) is 1.49. The SMILES string of the molecule is Cc1cnc2c(C(C)C)cnnc2c1. The van der Waals surface area contributed by atoms with Gasteiger partial charge in [0.1, 0.15) is 5.52 Å². The molecule has 2 heterocycles. The van der Waals surface area contributed by atoms with Gasteiger partial charge >= 0.3 is 0 Å². The fourth-order valence-corrected chi connectivity index (χ4v) is 1.49. The van der Waals surface area contributed by atoms with Crippen LogP contribution in [0, 0.1) is 6.92 Å². The molecule has 3 heteroatoms. The van der Waals surface area contributed by atoms with E-state index in [9.17, 15) is 0 Å². The molecule has 0 fully saturated rings. The molecule has 0 aliphatic heterocycles. The quantitative estimate of drug-likeness (QED) is 0.688. The van der Waals surface area contributed by atoms with E-state index >= 15 is 0 Å². The number of rotatable bonds is 1.